The van der Waals surface area contributed by atoms with E-state index in [1.54, 1.807) is 12.1 Å². The van der Waals surface area contributed by atoms with Crippen molar-refractivity contribution in [1.82, 2.24) is 9.97 Å². The Kier molecular flexibility index (Phi) is 5.11. The molecule has 0 amide bonds. The first-order valence-electron chi connectivity index (χ1n) is 7.79. The molecule has 1 heterocycles. The third-order valence-electron chi connectivity index (χ3n) is 3.51. The second kappa shape index (κ2) is 7.45. The van der Waals surface area contributed by atoms with Crippen LogP contribution in [0.3, 0.4) is 0 Å². The predicted octanol–water partition coefficient (Wildman–Crippen LogP) is 4.31. The number of aromatic nitrogens is 2. The fourth-order valence-corrected chi connectivity index (χ4v) is 3.35. The Balaban J connectivity index is 1.74. The summed E-state index contributed by atoms with van der Waals surface area (Å²) in [6.45, 7) is 4.41. The molecule has 2 aromatic carbocycles. The Morgan fingerprint density at radius 3 is 2.58 bits per heavy atom. The fourth-order valence-electron chi connectivity index (χ4n) is 2.39. The molecular weight excluding hydrogens is 320 g/mol. The van der Waals surface area contributed by atoms with Crippen molar-refractivity contribution in [3.8, 4) is 5.75 Å². The van der Waals surface area contributed by atoms with Gasteiger partial charge in [0.25, 0.3) is 0 Å². The van der Waals surface area contributed by atoms with Crippen molar-refractivity contribution in [2.75, 3.05) is 12.4 Å². The molecule has 0 spiro atoms. The zero-order valence-corrected chi connectivity index (χ0v) is 14.5. The van der Waals surface area contributed by atoms with E-state index in [4.69, 9.17) is 4.74 Å². The number of benzene rings is 2. The summed E-state index contributed by atoms with van der Waals surface area (Å²) in [4.78, 5) is 21.3. The highest BCUT2D eigenvalue weighted by molar-refractivity contribution is 8.00. The Morgan fingerprint density at radius 2 is 1.83 bits per heavy atom. The number of thioether (sulfide) groups is 1. The van der Waals surface area contributed by atoms with Crippen molar-refractivity contribution >= 4 is 28.4 Å². The molecule has 3 aromatic rings. The lowest BCUT2D eigenvalue weighted by Gasteiger charge is -2.07. The van der Waals surface area contributed by atoms with Crippen LogP contribution in [0.25, 0.3) is 10.9 Å². The first-order chi connectivity index (χ1) is 11.7. The summed E-state index contributed by atoms with van der Waals surface area (Å²) in [5.41, 5.74) is 1.59. The summed E-state index contributed by atoms with van der Waals surface area (Å²) in [6, 6.07) is 15.1. The molecule has 0 N–H and O–H groups in total. The minimum atomic E-state index is 0.0726. The first kappa shape index (κ1) is 16.5. The number of para-hydroxylation sites is 1. The van der Waals surface area contributed by atoms with Crippen molar-refractivity contribution < 1.29 is 9.53 Å². The summed E-state index contributed by atoms with van der Waals surface area (Å²) >= 11 is 1.45. The average Bonchev–Trinajstić information content (AvgIpc) is 2.60. The standard InChI is InChI=1S/C19H18N2O2S/c1-3-23-15-10-8-14(9-11-15)18(22)12-24-19-16-6-4-5-7-17(16)20-13(2)21-19/h4-11H,3,12H2,1-2H3. The maximum atomic E-state index is 12.4. The van der Waals surface area contributed by atoms with Gasteiger partial charge < -0.3 is 4.74 Å². The molecule has 24 heavy (non-hydrogen) atoms. The van der Waals surface area contributed by atoms with Gasteiger partial charge in [0.15, 0.2) is 5.78 Å². The molecule has 0 aliphatic rings. The van der Waals surface area contributed by atoms with Gasteiger partial charge in [-0.25, -0.2) is 9.97 Å². The van der Waals surface area contributed by atoms with Crippen LogP contribution in [0, 0.1) is 6.92 Å². The van der Waals surface area contributed by atoms with Crippen LogP contribution in [0.5, 0.6) is 5.75 Å². The molecule has 0 saturated heterocycles. The van der Waals surface area contributed by atoms with Crippen molar-refractivity contribution in [2.45, 2.75) is 18.9 Å². The molecule has 0 radical (unpaired) electrons. The molecule has 0 atom stereocenters. The van der Waals surface area contributed by atoms with Gasteiger partial charge in [0.2, 0.25) is 0 Å². The van der Waals surface area contributed by atoms with E-state index in [0.717, 1.165) is 21.7 Å². The zero-order chi connectivity index (χ0) is 16.9. The number of carbonyl (C=O) groups is 1. The summed E-state index contributed by atoms with van der Waals surface area (Å²) in [5, 5.41) is 1.82. The summed E-state index contributed by atoms with van der Waals surface area (Å²) in [6.07, 6.45) is 0. The molecule has 0 fully saturated rings. The van der Waals surface area contributed by atoms with Gasteiger partial charge in [0.1, 0.15) is 16.6 Å². The van der Waals surface area contributed by atoms with Crippen LogP contribution in [0.1, 0.15) is 23.1 Å². The highest BCUT2D eigenvalue weighted by Crippen LogP contribution is 2.26. The first-order valence-corrected chi connectivity index (χ1v) is 8.78. The Bertz CT molecular complexity index is 863. The highest BCUT2D eigenvalue weighted by atomic mass is 32.2. The van der Waals surface area contributed by atoms with E-state index in [2.05, 4.69) is 9.97 Å². The third-order valence-corrected chi connectivity index (χ3v) is 4.50. The molecule has 0 unspecified atom stereocenters. The summed E-state index contributed by atoms with van der Waals surface area (Å²) in [5.74, 6) is 1.90. The minimum absolute atomic E-state index is 0.0726. The minimum Gasteiger partial charge on any atom is -0.494 e. The number of nitrogens with zero attached hydrogens (tertiary/aromatic N) is 2. The van der Waals surface area contributed by atoms with E-state index < -0.39 is 0 Å². The topological polar surface area (TPSA) is 52.1 Å². The predicted molar refractivity (Wildman–Crippen MR) is 96.9 cm³/mol. The highest BCUT2D eigenvalue weighted by Gasteiger charge is 2.11. The molecule has 4 nitrogen and oxygen atoms in total. The Hall–Kier alpha value is -2.40. The quantitative estimate of drug-likeness (QED) is 0.381. The molecule has 1 aromatic heterocycles. The maximum absolute atomic E-state index is 12.4. The van der Waals surface area contributed by atoms with Crippen LogP contribution in [0.15, 0.2) is 53.6 Å². The number of ether oxygens (including phenoxy) is 1. The van der Waals surface area contributed by atoms with Gasteiger partial charge in [-0.2, -0.15) is 0 Å². The second-order valence-corrected chi connectivity index (χ2v) is 6.23. The van der Waals surface area contributed by atoms with Crippen molar-refractivity contribution in [1.29, 1.82) is 0 Å². The van der Waals surface area contributed by atoms with Crippen molar-refractivity contribution in [3.63, 3.8) is 0 Å². The van der Waals surface area contributed by atoms with Gasteiger partial charge in [-0.15, -0.1) is 0 Å². The third kappa shape index (κ3) is 3.74. The molecule has 3 rings (SSSR count). The second-order valence-electron chi connectivity index (χ2n) is 5.26. The van der Waals surface area contributed by atoms with Crippen LogP contribution in [-0.4, -0.2) is 28.1 Å². The van der Waals surface area contributed by atoms with E-state index in [1.165, 1.54) is 11.8 Å². The number of hydrogen-bond donors (Lipinski definition) is 0. The maximum Gasteiger partial charge on any atom is 0.173 e. The van der Waals surface area contributed by atoms with E-state index in [0.29, 0.717) is 23.7 Å². The van der Waals surface area contributed by atoms with Gasteiger partial charge in [-0.1, -0.05) is 30.0 Å². The molecule has 0 aliphatic heterocycles. The van der Waals surface area contributed by atoms with Gasteiger partial charge in [0, 0.05) is 10.9 Å². The lowest BCUT2D eigenvalue weighted by atomic mass is 10.1. The van der Waals surface area contributed by atoms with Crippen LogP contribution in [0.4, 0.5) is 0 Å². The van der Waals surface area contributed by atoms with Crippen LogP contribution < -0.4 is 4.74 Å². The number of Topliss-reactive ketones (excluding diaryl/α,β-unsaturated/α-hetero) is 1. The lowest BCUT2D eigenvalue weighted by molar-refractivity contribution is 0.102. The molecule has 5 heteroatoms. The van der Waals surface area contributed by atoms with E-state index in [1.807, 2.05) is 50.2 Å². The fraction of sp³-hybridized carbons (Fsp3) is 0.211. The number of carbonyl (C=O) groups excluding carboxylic acids is 1. The number of rotatable bonds is 6. The SMILES string of the molecule is CCOc1ccc(C(=O)CSc2nc(C)nc3ccccc23)cc1. The monoisotopic (exact) mass is 338 g/mol. The van der Waals surface area contributed by atoms with Gasteiger partial charge in [-0.3, -0.25) is 4.79 Å². The van der Waals surface area contributed by atoms with Gasteiger partial charge >= 0.3 is 0 Å². The molecule has 122 valence electrons. The normalized spacial score (nSPS) is 10.8. The lowest BCUT2D eigenvalue weighted by Crippen LogP contribution is -2.03. The number of aryl methyl sites for hydroxylation is 1. The van der Waals surface area contributed by atoms with E-state index in [9.17, 15) is 4.79 Å². The largest absolute Gasteiger partial charge is 0.494 e. The average molecular weight is 338 g/mol. The van der Waals surface area contributed by atoms with E-state index in [-0.39, 0.29) is 5.78 Å². The number of ketones is 1. The Labute approximate surface area is 145 Å². The molecule has 0 aliphatic carbocycles. The van der Waals surface area contributed by atoms with Gasteiger partial charge in [-0.05, 0) is 44.2 Å². The molecular formula is C19H18N2O2S. The summed E-state index contributed by atoms with van der Waals surface area (Å²) in [7, 11) is 0. The van der Waals surface area contributed by atoms with Crippen LogP contribution in [0.2, 0.25) is 0 Å². The Morgan fingerprint density at radius 1 is 1.08 bits per heavy atom. The van der Waals surface area contributed by atoms with Crippen molar-refractivity contribution in [3.05, 3.63) is 59.9 Å². The summed E-state index contributed by atoms with van der Waals surface area (Å²) < 4.78 is 5.40. The number of fused-ring (bicyclic) bond motifs is 1. The molecule has 0 bridgehead atoms. The van der Waals surface area contributed by atoms with Crippen LogP contribution >= 0.6 is 11.8 Å². The molecule has 0 saturated carbocycles. The van der Waals surface area contributed by atoms with Crippen molar-refractivity contribution in [2.24, 2.45) is 0 Å². The van der Waals surface area contributed by atoms with E-state index >= 15 is 0 Å². The zero-order valence-electron chi connectivity index (χ0n) is 13.7. The number of hydrogen-bond acceptors (Lipinski definition) is 5. The van der Waals surface area contributed by atoms with Gasteiger partial charge in [0.05, 0.1) is 17.9 Å². The smallest absolute Gasteiger partial charge is 0.173 e. The van der Waals surface area contributed by atoms with Crippen LogP contribution in [-0.2, 0) is 0 Å².